The molecule has 3 rings (SSSR count). The average Bonchev–Trinajstić information content (AvgIpc) is 3.12. The van der Waals surface area contributed by atoms with Crippen LogP contribution in [0.1, 0.15) is 33.6 Å². The Hall–Kier alpha value is -2.33. The molecule has 0 radical (unpaired) electrons. The molecule has 9 nitrogen and oxygen atoms in total. The zero-order valence-electron chi connectivity index (χ0n) is 19.0. The van der Waals surface area contributed by atoms with Crippen molar-refractivity contribution in [1.29, 1.82) is 0 Å². The summed E-state index contributed by atoms with van der Waals surface area (Å²) < 4.78 is 34.9. The molecule has 2 aliphatic rings. The van der Waals surface area contributed by atoms with Crippen molar-refractivity contribution in [2.24, 2.45) is 0 Å². The predicted octanol–water partition coefficient (Wildman–Crippen LogP) is 1.53. The van der Waals surface area contributed by atoms with E-state index in [0.717, 1.165) is 6.42 Å². The largest absolute Gasteiger partial charge is 0.486 e. The summed E-state index contributed by atoms with van der Waals surface area (Å²) in [6, 6.07) is 4.86. The first-order chi connectivity index (χ1) is 15.2. The Labute approximate surface area is 190 Å². The second-order valence-corrected chi connectivity index (χ2v) is 10.6. The number of sulfone groups is 1. The van der Waals surface area contributed by atoms with Crippen LogP contribution in [0.15, 0.2) is 18.2 Å². The summed E-state index contributed by atoms with van der Waals surface area (Å²) in [4.78, 5) is 29.2. The van der Waals surface area contributed by atoms with Crippen LogP contribution in [0.3, 0.4) is 0 Å². The minimum atomic E-state index is -3.10. The number of carbonyl (C=O) groups excluding carboxylic acids is 2. The van der Waals surface area contributed by atoms with Crippen LogP contribution in [0.2, 0.25) is 0 Å². The molecule has 1 aromatic carbocycles. The number of nitrogens with one attached hydrogen (secondary N) is 1. The van der Waals surface area contributed by atoms with Crippen molar-refractivity contribution in [3.63, 3.8) is 0 Å². The fourth-order valence-corrected chi connectivity index (χ4v) is 5.79. The van der Waals surface area contributed by atoms with Gasteiger partial charge < -0.3 is 19.7 Å². The molecule has 0 aromatic heterocycles. The van der Waals surface area contributed by atoms with Gasteiger partial charge in [0, 0.05) is 23.8 Å². The van der Waals surface area contributed by atoms with Gasteiger partial charge in [0.2, 0.25) is 11.8 Å². The summed E-state index contributed by atoms with van der Waals surface area (Å²) in [6.45, 7) is 7.39. The van der Waals surface area contributed by atoms with E-state index in [9.17, 15) is 18.0 Å². The zero-order chi connectivity index (χ0) is 23.3. The number of anilines is 1. The Kier molecular flexibility index (Phi) is 8.00. The third kappa shape index (κ3) is 6.13. The highest BCUT2D eigenvalue weighted by Gasteiger charge is 2.36. The molecule has 1 N–H and O–H groups in total. The molecule has 1 fully saturated rings. The average molecular weight is 468 g/mol. The fraction of sp³-hybridized carbons (Fsp3) is 0.636. The number of carbonyl (C=O) groups is 2. The molecule has 178 valence electrons. The number of ether oxygens (including phenoxy) is 2. The van der Waals surface area contributed by atoms with Crippen molar-refractivity contribution in [1.82, 2.24) is 9.80 Å². The molecule has 32 heavy (non-hydrogen) atoms. The molecule has 0 saturated carbocycles. The summed E-state index contributed by atoms with van der Waals surface area (Å²) in [7, 11) is -3.10. The van der Waals surface area contributed by atoms with E-state index in [2.05, 4.69) is 5.32 Å². The first-order valence-corrected chi connectivity index (χ1v) is 13.0. The number of hydrogen-bond acceptors (Lipinski definition) is 7. The maximum atomic E-state index is 13.1. The van der Waals surface area contributed by atoms with Crippen LogP contribution in [0.4, 0.5) is 5.69 Å². The lowest BCUT2D eigenvalue weighted by molar-refractivity contribution is -0.137. The molecule has 2 atom stereocenters. The van der Waals surface area contributed by atoms with E-state index in [0.29, 0.717) is 43.4 Å². The summed E-state index contributed by atoms with van der Waals surface area (Å²) in [6.07, 6.45) is 1.20. The maximum Gasteiger partial charge on any atom is 0.238 e. The highest BCUT2D eigenvalue weighted by molar-refractivity contribution is 7.91. The van der Waals surface area contributed by atoms with Crippen LogP contribution in [0.5, 0.6) is 11.5 Å². The molecule has 1 aromatic rings. The Morgan fingerprint density at radius 2 is 1.88 bits per heavy atom. The molecule has 2 aliphatic heterocycles. The lowest BCUT2D eigenvalue weighted by Gasteiger charge is -2.35. The Bertz CT molecular complexity index is 936. The lowest BCUT2D eigenvalue weighted by atomic mass is 10.1. The van der Waals surface area contributed by atoms with Crippen molar-refractivity contribution < 1.29 is 27.5 Å². The summed E-state index contributed by atoms with van der Waals surface area (Å²) in [5, 5.41) is 2.84. The summed E-state index contributed by atoms with van der Waals surface area (Å²) in [5.74, 6) is 0.985. The normalized spacial score (nSPS) is 20.1. The van der Waals surface area contributed by atoms with Crippen LogP contribution in [-0.4, -0.2) is 86.5 Å². The fourth-order valence-electron chi connectivity index (χ4n) is 4.08. The molecule has 2 unspecified atom stereocenters. The van der Waals surface area contributed by atoms with E-state index in [1.54, 1.807) is 28.0 Å². The summed E-state index contributed by atoms with van der Waals surface area (Å²) >= 11 is 0. The molecule has 2 amide bonds. The molecule has 0 bridgehead atoms. The lowest BCUT2D eigenvalue weighted by Crippen LogP contribution is -2.51. The van der Waals surface area contributed by atoms with Crippen molar-refractivity contribution >= 4 is 27.3 Å². The first kappa shape index (κ1) is 24.3. The number of amides is 2. The number of rotatable bonds is 9. The zero-order valence-corrected chi connectivity index (χ0v) is 19.8. The van der Waals surface area contributed by atoms with Crippen molar-refractivity contribution in [2.75, 3.05) is 49.7 Å². The summed E-state index contributed by atoms with van der Waals surface area (Å²) in [5.41, 5.74) is 0.596. The highest BCUT2D eigenvalue weighted by atomic mass is 32.2. The second-order valence-electron chi connectivity index (χ2n) is 8.33. The quantitative estimate of drug-likeness (QED) is 0.587. The Morgan fingerprint density at radius 3 is 2.50 bits per heavy atom. The van der Waals surface area contributed by atoms with E-state index >= 15 is 0 Å². The first-order valence-electron chi connectivity index (χ1n) is 11.2. The second kappa shape index (κ2) is 10.5. The number of likely N-dealkylation sites (N-methyl/N-ethyl adjacent to an activating group) is 1. The molecule has 2 heterocycles. The predicted molar refractivity (Wildman–Crippen MR) is 122 cm³/mol. The SMILES string of the molecule is CCC(C)N(C(=O)CN(CC)CC(=O)Nc1ccc2c(c1)OCCO2)C1CCS(=O)(=O)C1. The molecular weight excluding hydrogens is 434 g/mol. The van der Waals surface area contributed by atoms with Gasteiger partial charge in [-0.1, -0.05) is 13.8 Å². The topological polar surface area (TPSA) is 105 Å². The van der Waals surface area contributed by atoms with Crippen LogP contribution in [0, 0.1) is 0 Å². The highest BCUT2D eigenvalue weighted by Crippen LogP contribution is 2.32. The van der Waals surface area contributed by atoms with Gasteiger partial charge in [0.1, 0.15) is 13.2 Å². The van der Waals surface area contributed by atoms with Crippen LogP contribution < -0.4 is 14.8 Å². The number of fused-ring (bicyclic) bond motifs is 1. The van der Waals surface area contributed by atoms with Crippen LogP contribution in [0.25, 0.3) is 0 Å². The van der Waals surface area contributed by atoms with Gasteiger partial charge in [0.25, 0.3) is 0 Å². The van der Waals surface area contributed by atoms with Gasteiger partial charge in [-0.2, -0.15) is 0 Å². The van der Waals surface area contributed by atoms with Crippen molar-refractivity contribution in [3.8, 4) is 11.5 Å². The smallest absolute Gasteiger partial charge is 0.238 e. The van der Waals surface area contributed by atoms with Gasteiger partial charge in [0.15, 0.2) is 21.3 Å². The van der Waals surface area contributed by atoms with Gasteiger partial charge in [-0.25, -0.2) is 8.42 Å². The van der Waals surface area contributed by atoms with E-state index in [4.69, 9.17) is 9.47 Å². The number of benzene rings is 1. The minimum absolute atomic E-state index is 0.0137. The maximum absolute atomic E-state index is 13.1. The Morgan fingerprint density at radius 1 is 1.16 bits per heavy atom. The minimum Gasteiger partial charge on any atom is -0.486 e. The van der Waals surface area contributed by atoms with Gasteiger partial charge in [-0.05, 0) is 38.4 Å². The van der Waals surface area contributed by atoms with Gasteiger partial charge in [-0.15, -0.1) is 0 Å². The van der Waals surface area contributed by atoms with Crippen molar-refractivity contribution in [3.05, 3.63) is 18.2 Å². The molecule has 1 saturated heterocycles. The standard InChI is InChI=1S/C22H33N3O6S/c1-4-16(3)25(18-8-11-32(28,29)15-18)22(27)14-24(5-2)13-21(26)23-17-6-7-19-20(12-17)31-10-9-30-19/h6-7,12,16,18H,4-5,8-11,13-15H2,1-3H3,(H,23,26). The van der Waals surface area contributed by atoms with E-state index in [-0.39, 0.29) is 48.5 Å². The number of nitrogens with zero attached hydrogens (tertiary/aromatic N) is 2. The monoisotopic (exact) mass is 467 g/mol. The van der Waals surface area contributed by atoms with Crippen LogP contribution in [-0.2, 0) is 19.4 Å². The van der Waals surface area contributed by atoms with Crippen LogP contribution >= 0.6 is 0 Å². The van der Waals surface area contributed by atoms with Gasteiger partial charge in [-0.3, -0.25) is 14.5 Å². The van der Waals surface area contributed by atoms with Gasteiger partial charge in [0.05, 0.1) is 24.6 Å². The van der Waals surface area contributed by atoms with E-state index in [1.165, 1.54) is 0 Å². The van der Waals surface area contributed by atoms with E-state index in [1.807, 2.05) is 20.8 Å². The number of hydrogen-bond donors (Lipinski definition) is 1. The van der Waals surface area contributed by atoms with Gasteiger partial charge >= 0.3 is 0 Å². The molecule has 10 heteroatoms. The van der Waals surface area contributed by atoms with E-state index < -0.39 is 9.84 Å². The molecular formula is C22H33N3O6S. The third-order valence-corrected chi connectivity index (χ3v) is 7.71. The molecule has 0 spiro atoms. The van der Waals surface area contributed by atoms with Crippen molar-refractivity contribution in [2.45, 2.75) is 45.7 Å². The Balaban J connectivity index is 1.60. The molecule has 0 aliphatic carbocycles. The third-order valence-electron chi connectivity index (χ3n) is 5.95.